The zero-order valence-electron chi connectivity index (χ0n) is 21.2. The number of hydrogen-bond donors (Lipinski definition) is 3. The standard InChI is InChI=1S/C28H36O9/c1-25-10-7-20-21(28(25,35)13-9-19(25)17-2-4-23(32)36-15-17)8-12-27(34)14-18(6-11-26(20,27)16-29)37-24(33)5-3-22(30)31/h2,4,15-16,18-21,34-35H,3,5-14H2,1H3,(H,30,31)/t18-,19+,20-,21+,25+,26-,27-,28-/m0/s1. The van der Waals surface area contributed by atoms with E-state index in [1.165, 1.54) is 12.3 Å². The Bertz CT molecular complexity index is 1120. The van der Waals surface area contributed by atoms with Crippen molar-refractivity contribution in [3.05, 3.63) is 34.4 Å². The average molecular weight is 517 g/mol. The van der Waals surface area contributed by atoms with Crippen molar-refractivity contribution in [3.63, 3.8) is 0 Å². The van der Waals surface area contributed by atoms with E-state index in [-0.39, 0.29) is 37.0 Å². The lowest BCUT2D eigenvalue weighted by Crippen LogP contribution is -2.68. The monoisotopic (exact) mass is 516 g/mol. The maximum Gasteiger partial charge on any atom is 0.335 e. The van der Waals surface area contributed by atoms with Gasteiger partial charge in [-0.15, -0.1) is 0 Å². The first-order valence-corrected chi connectivity index (χ1v) is 13.4. The summed E-state index contributed by atoms with van der Waals surface area (Å²) in [5.41, 5.74) is -3.36. The fourth-order valence-corrected chi connectivity index (χ4v) is 8.79. The van der Waals surface area contributed by atoms with E-state index in [0.29, 0.717) is 44.9 Å². The number of hydrogen-bond acceptors (Lipinski definition) is 8. The second-order valence-electron chi connectivity index (χ2n) is 12.0. The third-order valence-corrected chi connectivity index (χ3v) is 10.7. The van der Waals surface area contributed by atoms with Crippen LogP contribution in [0.3, 0.4) is 0 Å². The van der Waals surface area contributed by atoms with E-state index in [4.69, 9.17) is 14.3 Å². The van der Waals surface area contributed by atoms with Crippen molar-refractivity contribution in [2.24, 2.45) is 22.7 Å². The number of rotatable bonds is 6. The Hall–Kier alpha value is -2.52. The van der Waals surface area contributed by atoms with Gasteiger partial charge in [-0.1, -0.05) is 6.92 Å². The number of carboxylic acids is 1. The summed E-state index contributed by atoms with van der Waals surface area (Å²) < 4.78 is 10.6. The zero-order chi connectivity index (χ0) is 26.6. The third-order valence-electron chi connectivity index (χ3n) is 10.7. The van der Waals surface area contributed by atoms with Gasteiger partial charge < -0.3 is 29.3 Å². The highest BCUT2D eigenvalue weighted by molar-refractivity contribution is 5.76. The van der Waals surface area contributed by atoms with Crippen LogP contribution in [-0.4, -0.2) is 50.9 Å². The molecule has 4 aliphatic rings. The van der Waals surface area contributed by atoms with E-state index >= 15 is 0 Å². The molecule has 37 heavy (non-hydrogen) atoms. The molecule has 1 aromatic rings. The minimum Gasteiger partial charge on any atom is -0.481 e. The second kappa shape index (κ2) is 9.05. The predicted molar refractivity (Wildman–Crippen MR) is 130 cm³/mol. The minimum atomic E-state index is -1.35. The minimum absolute atomic E-state index is 0.0248. The molecule has 9 heteroatoms. The molecule has 4 fully saturated rings. The summed E-state index contributed by atoms with van der Waals surface area (Å²) in [4.78, 5) is 47.2. The molecule has 1 aromatic heterocycles. The molecule has 0 aromatic carbocycles. The summed E-state index contributed by atoms with van der Waals surface area (Å²) >= 11 is 0. The number of esters is 1. The number of carbonyl (C=O) groups is 3. The smallest absolute Gasteiger partial charge is 0.335 e. The fraction of sp³-hybridized carbons (Fsp3) is 0.714. The number of aliphatic carboxylic acids is 1. The Labute approximate surface area is 215 Å². The number of aldehydes is 1. The van der Waals surface area contributed by atoms with Gasteiger partial charge in [0.1, 0.15) is 12.4 Å². The summed E-state index contributed by atoms with van der Waals surface area (Å²) in [6.07, 6.45) is 5.73. The van der Waals surface area contributed by atoms with Gasteiger partial charge in [0.15, 0.2) is 0 Å². The average Bonchev–Trinajstić information content (AvgIpc) is 3.14. The predicted octanol–water partition coefficient (Wildman–Crippen LogP) is 2.95. The Morgan fingerprint density at radius 1 is 1.05 bits per heavy atom. The first kappa shape index (κ1) is 26.1. The van der Waals surface area contributed by atoms with Crippen molar-refractivity contribution in [1.29, 1.82) is 0 Å². The number of ether oxygens (including phenoxy) is 1. The molecule has 8 atom stereocenters. The van der Waals surface area contributed by atoms with Crippen molar-refractivity contribution in [3.8, 4) is 0 Å². The highest BCUT2D eigenvalue weighted by atomic mass is 16.5. The van der Waals surface area contributed by atoms with Crippen LogP contribution in [0.1, 0.15) is 89.0 Å². The van der Waals surface area contributed by atoms with Gasteiger partial charge in [-0.25, -0.2) is 4.79 Å². The second-order valence-corrected chi connectivity index (χ2v) is 12.0. The molecular formula is C28H36O9. The van der Waals surface area contributed by atoms with Crippen LogP contribution in [0.15, 0.2) is 27.6 Å². The van der Waals surface area contributed by atoms with Crippen molar-refractivity contribution in [1.82, 2.24) is 0 Å². The topological polar surface area (TPSA) is 151 Å². The summed E-state index contributed by atoms with van der Waals surface area (Å²) in [7, 11) is 0. The number of carbonyl (C=O) groups excluding carboxylic acids is 2. The fourth-order valence-electron chi connectivity index (χ4n) is 8.79. The number of aliphatic hydroxyl groups is 2. The van der Waals surface area contributed by atoms with Gasteiger partial charge in [0.2, 0.25) is 0 Å². The van der Waals surface area contributed by atoms with Gasteiger partial charge in [-0.05, 0) is 80.8 Å². The molecule has 0 saturated heterocycles. The Kier molecular flexibility index (Phi) is 6.38. The van der Waals surface area contributed by atoms with Gasteiger partial charge in [-0.2, -0.15) is 0 Å². The van der Waals surface area contributed by atoms with E-state index in [1.54, 1.807) is 6.07 Å². The molecule has 0 radical (unpaired) electrons. The zero-order valence-corrected chi connectivity index (χ0v) is 21.2. The molecule has 0 spiro atoms. The first-order valence-electron chi connectivity index (χ1n) is 13.4. The molecule has 1 heterocycles. The third kappa shape index (κ3) is 3.88. The van der Waals surface area contributed by atoms with Crippen LogP contribution in [0.4, 0.5) is 0 Å². The van der Waals surface area contributed by atoms with Gasteiger partial charge in [0.05, 0.1) is 35.7 Å². The molecule has 4 aliphatic carbocycles. The van der Waals surface area contributed by atoms with Crippen molar-refractivity contribution in [2.45, 2.75) is 101 Å². The van der Waals surface area contributed by atoms with Gasteiger partial charge >= 0.3 is 17.6 Å². The van der Waals surface area contributed by atoms with Gasteiger partial charge in [-0.3, -0.25) is 9.59 Å². The first-order chi connectivity index (χ1) is 17.5. The summed E-state index contributed by atoms with van der Waals surface area (Å²) in [5, 5.41) is 33.0. The molecule has 0 amide bonds. The maximum absolute atomic E-state index is 12.8. The largest absolute Gasteiger partial charge is 0.481 e. The van der Waals surface area contributed by atoms with E-state index in [9.17, 15) is 29.4 Å². The molecule has 9 nitrogen and oxygen atoms in total. The Morgan fingerprint density at radius 3 is 2.49 bits per heavy atom. The number of carboxylic acid groups (broad SMARTS) is 1. The normalized spacial score (nSPS) is 42.7. The van der Waals surface area contributed by atoms with Crippen molar-refractivity contribution in [2.75, 3.05) is 0 Å². The molecular weight excluding hydrogens is 480 g/mol. The molecule has 0 unspecified atom stereocenters. The summed E-state index contributed by atoms with van der Waals surface area (Å²) in [6, 6.07) is 3.20. The van der Waals surface area contributed by atoms with Crippen LogP contribution in [0, 0.1) is 22.7 Å². The van der Waals surface area contributed by atoms with Gasteiger partial charge in [0, 0.05) is 17.9 Å². The van der Waals surface area contributed by atoms with Gasteiger partial charge in [0.25, 0.3) is 0 Å². The summed E-state index contributed by atoms with van der Waals surface area (Å²) in [6.45, 7) is 2.11. The molecule has 3 N–H and O–H groups in total. The highest BCUT2D eigenvalue weighted by Crippen LogP contribution is 2.71. The SMILES string of the molecule is C[C@]12CC[C@H]3[C@@H](CC[C@]4(O)C[C@@H](OC(=O)CCC(=O)O)CC[C@]34C=O)[C@@]1(O)CC[C@@H]2c1ccc(=O)oc1. The lowest BCUT2D eigenvalue weighted by atomic mass is 9.41. The van der Waals surface area contributed by atoms with E-state index in [1.807, 2.05) is 0 Å². The quantitative estimate of drug-likeness (QED) is 0.383. The van der Waals surface area contributed by atoms with E-state index < -0.39 is 45.7 Å². The van der Waals surface area contributed by atoms with Crippen LogP contribution < -0.4 is 5.63 Å². The summed E-state index contributed by atoms with van der Waals surface area (Å²) in [5.74, 6) is -2.02. The Balaban J connectivity index is 1.38. The van der Waals surface area contributed by atoms with E-state index in [0.717, 1.165) is 18.3 Å². The Morgan fingerprint density at radius 2 is 1.81 bits per heavy atom. The van der Waals surface area contributed by atoms with Crippen LogP contribution in [0.5, 0.6) is 0 Å². The number of fused-ring (bicyclic) bond motifs is 5. The highest BCUT2D eigenvalue weighted by Gasteiger charge is 2.71. The van der Waals surface area contributed by atoms with Crippen LogP contribution in [-0.2, 0) is 19.1 Å². The van der Waals surface area contributed by atoms with Crippen molar-refractivity contribution < 1.29 is 38.9 Å². The molecule has 5 rings (SSSR count). The molecule has 202 valence electrons. The van der Waals surface area contributed by atoms with Crippen molar-refractivity contribution >= 4 is 18.2 Å². The lowest BCUT2D eigenvalue weighted by molar-refractivity contribution is -0.248. The maximum atomic E-state index is 12.8. The van der Waals surface area contributed by atoms with Crippen LogP contribution >= 0.6 is 0 Å². The van der Waals surface area contributed by atoms with E-state index in [2.05, 4.69) is 6.92 Å². The molecule has 0 aliphatic heterocycles. The molecule has 4 saturated carbocycles. The lowest BCUT2D eigenvalue weighted by Gasteiger charge is -2.65. The van der Waals surface area contributed by atoms with Crippen LogP contribution in [0.2, 0.25) is 0 Å². The van der Waals surface area contributed by atoms with Crippen LogP contribution in [0.25, 0.3) is 0 Å². The molecule has 0 bridgehead atoms.